The Morgan fingerprint density at radius 3 is 2.65 bits per heavy atom. The maximum absolute atomic E-state index is 13.6. The zero-order valence-electron chi connectivity index (χ0n) is 20.8. The number of hydrogen-bond acceptors (Lipinski definition) is 5. The van der Waals surface area contributed by atoms with E-state index in [2.05, 4.69) is 0 Å². The van der Waals surface area contributed by atoms with Crippen molar-refractivity contribution in [3.05, 3.63) is 88.9 Å². The summed E-state index contributed by atoms with van der Waals surface area (Å²) in [4.78, 5) is 27.0. The van der Waals surface area contributed by atoms with Gasteiger partial charge >= 0.3 is 5.97 Å². The number of aromatic nitrogens is 1. The second-order valence-electron chi connectivity index (χ2n) is 9.31. The molecule has 1 aromatic heterocycles. The number of ether oxygens (including phenoxy) is 2. The van der Waals surface area contributed by atoms with Crippen LogP contribution in [0.4, 0.5) is 10.1 Å². The molecule has 1 aliphatic heterocycles. The van der Waals surface area contributed by atoms with Gasteiger partial charge in [-0.15, -0.1) is 0 Å². The number of aryl methyl sites for hydroxylation is 1. The first kappa shape index (κ1) is 24.4. The lowest BCUT2D eigenvalue weighted by Gasteiger charge is -2.33. The van der Waals surface area contributed by atoms with Gasteiger partial charge in [-0.2, -0.15) is 0 Å². The summed E-state index contributed by atoms with van der Waals surface area (Å²) in [6.07, 6.45) is -0.401. The zero-order valence-corrected chi connectivity index (χ0v) is 20.8. The molecule has 0 amide bonds. The van der Waals surface area contributed by atoms with Crippen molar-refractivity contribution in [2.75, 3.05) is 25.1 Å². The van der Waals surface area contributed by atoms with Crippen LogP contribution in [0.5, 0.6) is 11.5 Å². The van der Waals surface area contributed by atoms with Gasteiger partial charge in [-0.25, -0.2) is 4.39 Å². The van der Waals surface area contributed by atoms with E-state index >= 15 is 0 Å². The number of aliphatic carboxylic acids is 1. The molecule has 8 heteroatoms. The highest BCUT2D eigenvalue weighted by Gasteiger charge is 2.25. The van der Waals surface area contributed by atoms with E-state index in [0.717, 1.165) is 10.9 Å². The lowest BCUT2D eigenvalue weighted by atomic mass is 10.1. The van der Waals surface area contributed by atoms with Crippen molar-refractivity contribution in [2.24, 2.45) is 0 Å². The maximum Gasteiger partial charge on any atom is 0.307 e. The fraction of sp³-hybridized carbons (Fsp3) is 0.241. The highest BCUT2D eigenvalue weighted by Crippen LogP contribution is 2.33. The zero-order chi connectivity index (χ0) is 26.3. The van der Waals surface area contributed by atoms with Crippen LogP contribution in [-0.4, -0.2) is 47.9 Å². The normalized spacial score (nSPS) is 14.8. The first-order chi connectivity index (χ1) is 17.7. The topological polar surface area (TPSA) is 81.0 Å². The van der Waals surface area contributed by atoms with Gasteiger partial charge < -0.3 is 19.5 Å². The van der Waals surface area contributed by atoms with Crippen LogP contribution in [0.25, 0.3) is 10.9 Å². The third kappa shape index (κ3) is 4.62. The molecule has 0 spiro atoms. The molecule has 1 atom stereocenters. The van der Waals surface area contributed by atoms with E-state index in [-0.39, 0.29) is 30.9 Å². The Bertz CT molecular complexity index is 1530. The number of nitrogens with zero attached hydrogens (tertiary/aromatic N) is 2. The molecule has 3 aromatic carbocycles. The first-order valence-electron chi connectivity index (χ1n) is 12.0. The van der Waals surface area contributed by atoms with E-state index in [0.29, 0.717) is 46.1 Å². The minimum absolute atomic E-state index is 0.157. The number of benzene rings is 3. The second-order valence-corrected chi connectivity index (χ2v) is 9.31. The number of carboxylic acid groups (broad SMARTS) is 1. The Morgan fingerprint density at radius 2 is 1.89 bits per heavy atom. The Hall–Kier alpha value is -4.33. The molecule has 2 heterocycles. The molecule has 37 heavy (non-hydrogen) atoms. The van der Waals surface area contributed by atoms with Gasteiger partial charge in [0.1, 0.15) is 30.0 Å². The highest BCUT2D eigenvalue weighted by molar-refractivity contribution is 6.05. The van der Waals surface area contributed by atoms with Crippen molar-refractivity contribution in [1.29, 1.82) is 0 Å². The molecule has 0 unspecified atom stereocenters. The summed E-state index contributed by atoms with van der Waals surface area (Å²) in [5, 5.41) is 10.1. The predicted octanol–water partition coefficient (Wildman–Crippen LogP) is 4.99. The van der Waals surface area contributed by atoms with Crippen LogP contribution in [0.3, 0.4) is 0 Å². The van der Waals surface area contributed by atoms with Crippen LogP contribution in [0, 0.1) is 19.7 Å². The van der Waals surface area contributed by atoms with Crippen LogP contribution in [-0.2, 0) is 11.2 Å². The van der Waals surface area contributed by atoms with Crippen LogP contribution in [0.1, 0.15) is 27.2 Å². The lowest BCUT2D eigenvalue weighted by molar-refractivity contribution is -0.136. The minimum atomic E-state index is -0.945. The average Bonchev–Trinajstić information content (AvgIpc) is 3.13. The summed E-state index contributed by atoms with van der Waals surface area (Å²) in [5.41, 5.74) is 3.88. The Labute approximate surface area is 213 Å². The predicted molar refractivity (Wildman–Crippen MR) is 139 cm³/mol. The second kappa shape index (κ2) is 9.61. The lowest BCUT2D eigenvalue weighted by Crippen LogP contribution is -2.41. The van der Waals surface area contributed by atoms with Crippen LogP contribution in [0.2, 0.25) is 0 Å². The van der Waals surface area contributed by atoms with Crippen LogP contribution >= 0.6 is 0 Å². The van der Waals surface area contributed by atoms with Gasteiger partial charge in [-0.05, 0) is 61.4 Å². The van der Waals surface area contributed by atoms with Crippen molar-refractivity contribution in [2.45, 2.75) is 26.4 Å². The molecule has 1 N–H and O–H groups in total. The van der Waals surface area contributed by atoms with E-state index in [1.54, 1.807) is 29.7 Å². The standard InChI is InChI=1S/C29H27FN2O5/c1-17-12-20(36-16-21-15-31(3)26-13-19(30)8-11-27(26)37-21)9-10-22(17)29(35)32-18(2)24(14-28(33)34)23-6-4-5-7-25(23)32/h4-13,21H,14-16H2,1-3H3,(H,33,34)/t21-/m0/s1. The third-order valence-electron chi connectivity index (χ3n) is 6.74. The SMILES string of the molecule is Cc1cc(OC[C@@H]2CN(C)c3cc(F)ccc3O2)ccc1C(=O)n1c(C)c(CC(=O)O)c2ccccc21. The van der Waals surface area contributed by atoms with Crippen LogP contribution in [0.15, 0.2) is 60.7 Å². The number of halogens is 1. The molecule has 0 aliphatic carbocycles. The summed E-state index contributed by atoms with van der Waals surface area (Å²) >= 11 is 0. The first-order valence-corrected chi connectivity index (χ1v) is 12.0. The molecule has 5 rings (SSSR count). The summed E-state index contributed by atoms with van der Waals surface area (Å²) in [6.45, 7) is 4.45. The van der Waals surface area contributed by atoms with Crippen molar-refractivity contribution in [3.8, 4) is 11.5 Å². The van der Waals surface area contributed by atoms with E-state index < -0.39 is 5.97 Å². The maximum atomic E-state index is 13.6. The Morgan fingerprint density at radius 1 is 1.11 bits per heavy atom. The Kier molecular flexibility index (Phi) is 6.33. The number of rotatable bonds is 6. The number of likely N-dealkylation sites (N-methyl/N-ethyl adjacent to an activating group) is 1. The van der Waals surface area contributed by atoms with Crippen molar-refractivity contribution >= 4 is 28.5 Å². The molecule has 7 nitrogen and oxygen atoms in total. The molecule has 0 radical (unpaired) electrons. The number of para-hydroxylation sites is 1. The van der Waals surface area contributed by atoms with E-state index in [1.807, 2.05) is 49.2 Å². The molecule has 0 saturated heterocycles. The molecule has 4 aromatic rings. The highest BCUT2D eigenvalue weighted by atomic mass is 19.1. The van der Waals surface area contributed by atoms with Gasteiger partial charge in [-0.1, -0.05) is 18.2 Å². The monoisotopic (exact) mass is 502 g/mol. The summed E-state index contributed by atoms with van der Waals surface area (Å²) in [6, 6.07) is 17.1. The fourth-order valence-electron chi connectivity index (χ4n) is 4.94. The molecular weight excluding hydrogens is 475 g/mol. The van der Waals surface area contributed by atoms with Gasteiger partial charge in [0, 0.05) is 29.8 Å². The average molecular weight is 503 g/mol. The number of hydrogen-bond donors (Lipinski definition) is 1. The van der Waals surface area contributed by atoms with E-state index in [1.165, 1.54) is 12.1 Å². The van der Waals surface area contributed by atoms with Gasteiger partial charge in [0.15, 0.2) is 0 Å². The van der Waals surface area contributed by atoms with Crippen molar-refractivity contribution in [1.82, 2.24) is 4.57 Å². The largest absolute Gasteiger partial charge is 0.490 e. The minimum Gasteiger partial charge on any atom is -0.490 e. The van der Waals surface area contributed by atoms with E-state index in [9.17, 15) is 19.1 Å². The van der Waals surface area contributed by atoms with Crippen molar-refractivity contribution < 1.29 is 28.6 Å². The molecule has 0 fully saturated rings. The molecular formula is C29H27FN2O5. The number of carbonyl (C=O) groups is 2. The summed E-state index contributed by atoms with van der Waals surface area (Å²) in [5.74, 6) is -0.270. The van der Waals surface area contributed by atoms with Crippen molar-refractivity contribution in [3.63, 3.8) is 0 Å². The number of carboxylic acids is 1. The van der Waals surface area contributed by atoms with E-state index in [4.69, 9.17) is 9.47 Å². The molecule has 190 valence electrons. The van der Waals surface area contributed by atoms with Crippen LogP contribution < -0.4 is 14.4 Å². The summed E-state index contributed by atoms with van der Waals surface area (Å²) < 4.78 is 27.1. The molecule has 0 bridgehead atoms. The fourth-order valence-corrected chi connectivity index (χ4v) is 4.94. The Balaban J connectivity index is 1.35. The quantitative estimate of drug-likeness (QED) is 0.400. The number of anilines is 1. The van der Waals surface area contributed by atoms with Gasteiger partial charge in [0.25, 0.3) is 5.91 Å². The molecule has 0 saturated carbocycles. The van der Waals surface area contributed by atoms with Gasteiger partial charge in [-0.3, -0.25) is 14.2 Å². The van der Waals surface area contributed by atoms with Gasteiger partial charge in [0.2, 0.25) is 0 Å². The smallest absolute Gasteiger partial charge is 0.307 e. The summed E-state index contributed by atoms with van der Waals surface area (Å²) in [7, 11) is 1.88. The third-order valence-corrected chi connectivity index (χ3v) is 6.74. The molecule has 1 aliphatic rings. The van der Waals surface area contributed by atoms with Gasteiger partial charge in [0.05, 0.1) is 24.2 Å². The number of carbonyl (C=O) groups excluding carboxylic acids is 1. The number of fused-ring (bicyclic) bond motifs is 2.